The highest BCUT2D eigenvalue weighted by Crippen LogP contribution is 2.53. The predicted octanol–water partition coefficient (Wildman–Crippen LogP) is 2.96. The van der Waals surface area contributed by atoms with Crippen LogP contribution in [0.5, 0.6) is 0 Å². The molecule has 4 atom stereocenters. The lowest BCUT2D eigenvalue weighted by Crippen LogP contribution is -2.05. The normalized spacial score (nSPS) is 35.1. The van der Waals surface area contributed by atoms with E-state index in [0.717, 1.165) is 23.0 Å². The van der Waals surface area contributed by atoms with Crippen molar-refractivity contribution in [1.29, 1.82) is 0 Å². The Morgan fingerprint density at radius 3 is 1.79 bits per heavy atom. The summed E-state index contributed by atoms with van der Waals surface area (Å²) in [7, 11) is 0. The first-order valence-electron chi connectivity index (χ1n) is 6.15. The van der Waals surface area contributed by atoms with Gasteiger partial charge in [-0.15, -0.1) is 47.0 Å². The molecule has 0 spiro atoms. The molecule has 0 bridgehead atoms. The molecule has 2 saturated heterocycles. The standard InChI is InChI=1S/C12H16O3S4/c13-3-7-5-16-11(18-7)9-1-2-10(15-9)12-17-6-8(4-14)19-12/h1-2,7-8,11-14H,3-6H2. The van der Waals surface area contributed by atoms with Crippen molar-refractivity contribution in [3.05, 3.63) is 23.7 Å². The molecule has 4 unspecified atom stereocenters. The van der Waals surface area contributed by atoms with E-state index in [2.05, 4.69) is 12.1 Å². The fourth-order valence-electron chi connectivity index (χ4n) is 2.01. The monoisotopic (exact) mass is 336 g/mol. The minimum Gasteiger partial charge on any atom is -0.462 e. The molecule has 19 heavy (non-hydrogen) atoms. The first kappa shape index (κ1) is 14.5. The van der Waals surface area contributed by atoms with Gasteiger partial charge in [0.05, 0.1) is 13.2 Å². The van der Waals surface area contributed by atoms with E-state index in [9.17, 15) is 0 Å². The van der Waals surface area contributed by atoms with Gasteiger partial charge < -0.3 is 14.6 Å². The Hall–Kier alpha value is 0.600. The minimum absolute atomic E-state index is 0.244. The molecule has 0 aliphatic carbocycles. The topological polar surface area (TPSA) is 53.6 Å². The Bertz CT molecular complexity index is 388. The van der Waals surface area contributed by atoms with Crippen LogP contribution in [0, 0.1) is 0 Å². The van der Waals surface area contributed by atoms with Gasteiger partial charge in [-0.3, -0.25) is 0 Å². The third-order valence-electron chi connectivity index (χ3n) is 3.02. The van der Waals surface area contributed by atoms with E-state index in [1.807, 2.05) is 23.5 Å². The summed E-state index contributed by atoms with van der Waals surface area (Å²) in [5.74, 6) is 3.99. The van der Waals surface area contributed by atoms with E-state index in [0.29, 0.717) is 19.7 Å². The number of thioether (sulfide) groups is 4. The van der Waals surface area contributed by atoms with E-state index >= 15 is 0 Å². The molecule has 0 saturated carbocycles. The zero-order valence-electron chi connectivity index (χ0n) is 10.2. The van der Waals surface area contributed by atoms with Gasteiger partial charge in [0.25, 0.3) is 0 Å². The highest BCUT2D eigenvalue weighted by atomic mass is 32.2. The van der Waals surface area contributed by atoms with Gasteiger partial charge in [-0.1, -0.05) is 0 Å². The number of hydrogen-bond acceptors (Lipinski definition) is 7. The molecule has 1 aromatic rings. The Balaban J connectivity index is 1.64. The summed E-state index contributed by atoms with van der Waals surface area (Å²) in [5.41, 5.74) is 0. The van der Waals surface area contributed by atoms with E-state index in [1.165, 1.54) is 0 Å². The van der Waals surface area contributed by atoms with Gasteiger partial charge in [-0.05, 0) is 12.1 Å². The van der Waals surface area contributed by atoms with Gasteiger partial charge in [0.15, 0.2) is 0 Å². The zero-order chi connectivity index (χ0) is 13.2. The SMILES string of the molecule is OCC1CSC(c2ccc(C3SCC(CO)S3)o2)S1. The summed E-state index contributed by atoms with van der Waals surface area (Å²) in [6, 6.07) is 4.13. The third kappa shape index (κ3) is 3.27. The number of furan rings is 1. The minimum atomic E-state index is 0.244. The molecule has 0 amide bonds. The van der Waals surface area contributed by atoms with Crippen molar-refractivity contribution in [2.45, 2.75) is 19.7 Å². The second-order valence-electron chi connectivity index (χ2n) is 4.45. The maximum Gasteiger partial charge on any atom is 0.127 e. The van der Waals surface area contributed by atoms with Gasteiger partial charge in [0.2, 0.25) is 0 Å². The highest BCUT2D eigenvalue weighted by molar-refractivity contribution is 8.20. The van der Waals surface area contributed by atoms with Crippen LogP contribution >= 0.6 is 47.0 Å². The van der Waals surface area contributed by atoms with Crippen LogP contribution < -0.4 is 0 Å². The van der Waals surface area contributed by atoms with E-state index in [4.69, 9.17) is 14.6 Å². The van der Waals surface area contributed by atoms with Gasteiger partial charge in [0.1, 0.15) is 20.7 Å². The summed E-state index contributed by atoms with van der Waals surface area (Å²) in [6.07, 6.45) is 0. The third-order valence-corrected chi connectivity index (χ3v) is 9.54. The fourth-order valence-corrected chi connectivity index (χ4v) is 8.11. The molecule has 0 radical (unpaired) electrons. The molecule has 2 aliphatic rings. The van der Waals surface area contributed by atoms with E-state index < -0.39 is 0 Å². The number of hydrogen-bond donors (Lipinski definition) is 2. The van der Waals surface area contributed by atoms with Gasteiger partial charge in [0, 0.05) is 22.0 Å². The molecule has 0 aromatic carbocycles. The lowest BCUT2D eigenvalue weighted by atomic mass is 10.4. The van der Waals surface area contributed by atoms with Crippen LogP contribution in [0.1, 0.15) is 20.7 Å². The van der Waals surface area contributed by atoms with Crippen molar-refractivity contribution in [2.75, 3.05) is 24.7 Å². The van der Waals surface area contributed by atoms with Crippen molar-refractivity contribution in [3.8, 4) is 0 Å². The van der Waals surface area contributed by atoms with E-state index in [1.54, 1.807) is 23.5 Å². The van der Waals surface area contributed by atoms with Crippen LogP contribution in [0.15, 0.2) is 16.5 Å². The Labute approximate surface area is 129 Å². The average Bonchev–Trinajstić information content (AvgIpc) is 3.16. The zero-order valence-corrected chi connectivity index (χ0v) is 13.5. The second kappa shape index (κ2) is 6.58. The molecule has 1 aromatic heterocycles. The van der Waals surface area contributed by atoms with Crippen molar-refractivity contribution in [1.82, 2.24) is 0 Å². The maximum atomic E-state index is 9.17. The van der Waals surface area contributed by atoms with Crippen molar-refractivity contribution >= 4 is 47.0 Å². The Morgan fingerprint density at radius 2 is 1.42 bits per heavy atom. The summed E-state index contributed by atoms with van der Waals surface area (Å²) in [6.45, 7) is 0.489. The van der Waals surface area contributed by atoms with Gasteiger partial charge in [-0.2, -0.15) is 0 Å². The summed E-state index contributed by atoms with van der Waals surface area (Å²) in [4.78, 5) is 0. The number of rotatable bonds is 4. The maximum absolute atomic E-state index is 9.17. The van der Waals surface area contributed by atoms with Crippen LogP contribution in [0.3, 0.4) is 0 Å². The molecule has 3 rings (SSSR count). The first-order valence-corrected chi connectivity index (χ1v) is 10.1. The quantitative estimate of drug-likeness (QED) is 0.876. The van der Waals surface area contributed by atoms with Crippen LogP contribution in [-0.2, 0) is 0 Å². The number of aliphatic hydroxyl groups is 2. The van der Waals surface area contributed by atoms with Crippen LogP contribution in [0.2, 0.25) is 0 Å². The predicted molar refractivity (Wildman–Crippen MR) is 86.0 cm³/mol. The molecule has 2 N–H and O–H groups in total. The van der Waals surface area contributed by atoms with Gasteiger partial charge >= 0.3 is 0 Å². The summed E-state index contributed by atoms with van der Waals surface area (Å²) >= 11 is 7.27. The van der Waals surface area contributed by atoms with Crippen LogP contribution in [0.4, 0.5) is 0 Å². The largest absolute Gasteiger partial charge is 0.462 e. The Kier molecular flexibility index (Phi) is 5.03. The molecule has 3 heterocycles. The fraction of sp³-hybridized carbons (Fsp3) is 0.667. The lowest BCUT2D eigenvalue weighted by Gasteiger charge is -2.07. The van der Waals surface area contributed by atoms with Gasteiger partial charge in [-0.25, -0.2) is 0 Å². The molecule has 2 fully saturated rings. The highest BCUT2D eigenvalue weighted by Gasteiger charge is 2.32. The molecule has 7 heteroatoms. The lowest BCUT2D eigenvalue weighted by molar-refractivity contribution is 0.301. The van der Waals surface area contributed by atoms with Crippen molar-refractivity contribution < 1.29 is 14.6 Å². The summed E-state index contributed by atoms with van der Waals surface area (Å²) in [5, 5.41) is 19.0. The average molecular weight is 337 g/mol. The van der Waals surface area contributed by atoms with Crippen LogP contribution in [0.25, 0.3) is 0 Å². The van der Waals surface area contributed by atoms with Crippen molar-refractivity contribution in [3.63, 3.8) is 0 Å². The molecule has 106 valence electrons. The van der Waals surface area contributed by atoms with Crippen LogP contribution in [-0.4, -0.2) is 45.4 Å². The molecule has 2 aliphatic heterocycles. The van der Waals surface area contributed by atoms with E-state index in [-0.39, 0.29) is 13.2 Å². The molecular formula is C12H16O3S4. The summed E-state index contributed by atoms with van der Waals surface area (Å²) < 4.78 is 6.62. The Morgan fingerprint density at radius 1 is 0.947 bits per heavy atom. The molecular weight excluding hydrogens is 320 g/mol. The second-order valence-corrected chi connectivity index (χ2v) is 10.1. The number of aliphatic hydroxyl groups excluding tert-OH is 2. The molecule has 3 nitrogen and oxygen atoms in total. The van der Waals surface area contributed by atoms with Crippen molar-refractivity contribution in [2.24, 2.45) is 0 Å². The first-order chi connectivity index (χ1) is 9.30. The smallest absolute Gasteiger partial charge is 0.127 e.